The van der Waals surface area contributed by atoms with Crippen molar-refractivity contribution >= 4 is 17.3 Å². The Balaban J connectivity index is 2.19. The van der Waals surface area contributed by atoms with Gasteiger partial charge >= 0.3 is 0 Å². The van der Waals surface area contributed by atoms with E-state index in [0.29, 0.717) is 22.1 Å². The molecule has 0 aliphatic heterocycles. The second-order valence-electron chi connectivity index (χ2n) is 4.22. The zero-order chi connectivity index (χ0) is 14.7. The molecule has 0 amide bonds. The molecule has 0 heterocycles. The average molecular weight is 294 g/mol. The van der Waals surface area contributed by atoms with Gasteiger partial charge in [-0.3, -0.25) is 10.1 Å². The third kappa shape index (κ3) is 3.26. The monoisotopic (exact) mass is 293 g/mol. The SMILES string of the molecule is C[C@H](O)c1ccc(Oc2ccc([N+](=O)[O-])cc2)c(Cl)c1. The highest BCUT2D eigenvalue weighted by Crippen LogP contribution is 2.32. The van der Waals surface area contributed by atoms with E-state index in [4.69, 9.17) is 16.3 Å². The number of rotatable bonds is 4. The third-order valence-corrected chi connectivity index (χ3v) is 3.01. The number of hydrogen-bond donors (Lipinski definition) is 1. The molecule has 0 saturated carbocycles. The quantitative estimate of drug-likeness (QED) is 0.680. The first-order chi connectivity index (χ1) is 9.47. The number of benzene rings is 2. The summed E-state index contributed by atoms with van der Waals surface area (Å²) in [4.78, 5) is 10.1. The number of aliphatic hydroxyl groups is 1. The van der Waals surface area contributed by atoms with Crippen molar-refractivity contribution in [3.05, 3.63) is 63.2 Å². The van der Waals surface area contributed by atoms with Crippen LogP contribution in [0.5, 0.6) is 11.5 Å². The lowest BCUT2D eigenvalue weighted by molar-refractivity contribution is -0.384. The molecule has 5 nitrogen and oxygen atoms in total. The van der Waals surface area contributed by atoms with Crippen LogP contribution in [-0.4, -0.2) is 10.0 Å². The highest BCUT2D eigenvalue weighted by atomic mass is 35.5. The average Bonchev–Trinajstić information content (AvgIpc) is 2.41. The van der Waals surface area contributed by atoms with Crippen molar-refractivity contribution in [1.29, 1.82) is 0 Å². The van der Waals surface area contributed by atoms with Gasteiger partial charge in [0.15, 0.2) is 0 Å². The lowest BCUT2D eigenvalue weighted by atomic mass is 10.1. The standard InChI is InChI=1S/C14H12ClNO4/c1-9(17)10-2-7-14(13(15)8-10)20-12-5-3-11(4-6-12)16(18)19/h2-9,17H,1H3/t9-/m0/s1. The molecule has 0 unspecified atom stereocenters. The van der Waals surface area contributed by atoms with Crippen molar-refractivity contribution in [2.24, 2.45) is 0 Å². The van der Waals surface area contributed by atoms with Crippen LogP contribution in [0.4, 0.5) is 5.69 Å². The molecule has 0 bridgehead atoms. The normalized spacial score (nSPS) is 11.9. The molecule has 0 aliphatic carbocycles. The van der Waals surface area contributed by atoms with Crippen molar-refractivity contribution in [1.82, 2.24) is 0 Å². The minimum Gasteiger partial charge on any atom is -0.456 e. The molecule has 1 N–H and O–H groups in total. The van der Waals surface area contributed by atoms with Crippen LogP contribution in [0.3, 0.4) is 0 Å². The number of ether oxygens (including phenoxy) is 1. The molecular formula is C14H12ClNO4. The Bertz CT molecular complexity index is 626. The van der Waals surface area contributed by atoms with E-state index < -0.39 is 11.0 Å². The minimum absolute atomic E-state index is 0.00657. The number of nitro benzene ring substituents is 1. The topological polar surface area (TPSA) is 72.6 Å². The fraction of sp³-hybridized carbons (Fsp3) is 0.143. The van der Waals surface area contributed by atoms with Crippen molar-refractivity contribution < 1.29 is 14.8 Å². The predicted octanol–water partition coefficient (Wildman–Crippen LogP) is 4.09. The van der Waals surface area contributed by atoms with Crippen LogP contribution >= 0.6 is 11.6 Å². The van der Waals surface area contributed by atoms with E-state index in [9.17, 15) is 15.2 Å². The molecule has 0 aromatic heterocycles. The van der Waals surface area contributed by atoms with Gasteiger partial charge in [0, 0.05) is 12.1 Å². The maximum atomic E-state index is 10.5. The summed E-state index contributed by atoms with van der Waals surface area (Å²) in [6, 6.07) is 10.7. The molecule has 20 heavy (non-hydrogen) atoms. The molecular weight excluding hydrogens is 282 g/mol. The molecule has 0 saturated heterocycles. The Morgan fingerprint density at radius 3 is 2.40 bits per heavy atom. The van der Waals surface area contributed by atoms with E-state index in [2.05, 4.69) is 0 Å². The Labute approximate surface area is 120 Å². The first-order valence-corrected chi connectivity index (χ1v) is 6.25. The Morgan fingerprint density at radius 1 is 1.25 bits per heavy atom. The van der Waals surface area contributed by atoms with Gasteiger partial charge in [0.2, 0.25) is 0 Å². The summed E-state index contributed by atoms with van der Waals surface area (Å²) in [5.74, 6) is 0.868. The fourth-order valence-corrected chi connectivity index (χ4v) is 1.85. The number of non-ortho nitro benzene ring substituents is 1. The Kier molecular flexibility index (Phi) is 4.22. The molecule has 2 aromatic rings. The molecule has 1 atom stereocenters. The van der Waals surface area contributed by atoms with E-state index in [1.165, 1.54) is 24.3 Å². The maximum Gasteiger partial charge on any atom is 0.269 e. The van der Waals surface area contributed by atoms with E-state index in [1.54, 1.807) is 25.1 Å². The van der Waals surface area contributed by atoms with Gasteiger partial charge in [-0.25, -0.2) is 0 Å². The molecule has 2 rings (SSSR count). The number of halogens is 1. The molecule has 104 valence electrons. The van der Waals surface area contributed by atoms with Gasteiger partial charge in [0.05, 0.1) is 16.0 Å². The van der Waals surface area contributed by atoms with Gasteiger partial charge in [-0.15, -0.1) is 0 Å². The summed E-state index contributed by atoms with van der Waals surface area (Å²) < 4.78 is 5.54. The second-order valence-corrected chi connectivity index (χ2v) is 4.63. The zero-order valence-corrected chi connectivity index (χ0v) is 11.4. The van der Waals surface area contributed by atoms with Gasteiger partial charge < -0.3 is 9.84 Å². The highest BCUT2D eigenvalue weighted by Gasteiger charge is 2.09. The van der Waals surface area contributed by atoms with E-state index in [0.717, 1.165) is 0 Å². The van der Waals surface area contributed by atoms with E-state index in [1.807, 2.05) is 0 Å². The summed E-state index contributed by atoms with van der Waals surface area (Å²) in [7, 11) is 0. The summed E-state index contributed by atoms with van der Waals surface area (Å²) in [5.41, 5.74) is 0.680. The van der Waals surface area contributed by atoms with Gasteiger partial charge in [-0.2, -0.15) is 0 Å². The van der Waals surface area contributed by atoms with Crippen LogP contribution in [0.25, 0.3) is 0 Å². The van der Waals surface area contributed by atoms with E-state index in [-0.39, 0.29) is 5.69 Å². The number of nitrogens with zero attached hydrogens (tertiary/aromatic N) is 1. The molecule has 0 fully saturated rings. The summed E-state index contributed by atoms with van der Waals surface area (Å²) in [6.45, 7) is 1.64. The maximum absolute atomic E-state index is 10.5. The number of hydrogen-bond acceptors (Lipinski definition) is 4. The third-order valence-electron chi connectivity index (χ3n) is 2.71. The van der Waals surface area contributed by atoms with Crippen molar-refractivity contribution in [2.45, 2.75) is 13.0 Å². The number of nitro groups is 1. The number of aliphatic hydroxyl groups excluding tert-OH is 1. The van der Waals surface area contributed by atoms with Gasteiger partial charge in [-0.1, -0.05) is 17.7 Å². The van der Waals surface area contributed by atoms with Gasteiger partial charge in [-0.05, 0) is 36.8 Å². The van der Waals surface area contributed by atoms with Crippen LogP contribution in [0.2, 0.25) is 5.02 Å². The van der Waals surface area contributed by atoms with Crippen LogP contribution < -0.4 is 4.74 Å². The van der Waals surface area contributed by atoms with Crippen molar-refractivity contribution in [3.8, 4) is 11.5 Å². The van der Waals surface area contributed by atoms with Crippen LogP contribution in [-0.2, 0) is 0 Å². The Morgan fingerprint density at radius 2 is 1.90 bits per heavy atom. The minimum atomic E-state index is -0.610. The zero-order valence-electron chi connectivity index (χ0n) is 10.6. The molecule has 0 radical (unpaired) electrons. The molecule has 2 aromatic carbocycles. The molecule has 6 heteroatoms. The fourth-order valence-electron chi connectivity index (χ4n) is 1.62. The smallest absolute Gasteiger partial charge is 0.269 e. The van der Waals surface area contributed by atoms with E-state index >= 15 is 0 Å². The first-order valence-electron chi connectivity index (χ1n) is 5.87. The highest BCUT2D eigenvalue weighted by molar-refractivity contribution is 6.32. The lowest BCUT2D eigenvalue weighted by Crippen LogP contribution is -1.92. The van der Waals surface area contributed by atoms with Crippen LogP contribution in [0, 0.1) is 10.1 Å². The second kappa shape index (κ2) is 5.90. The van der Waals surface area contributed by atoms with Gasteiger partial charge in [0.1, 0.15) is 11.5 Å². The Hall–Kier alpha value is -2.11. The van der Waals surface area contributed by atoms with Crippen LogP contribution in [0.1, 0.15) is 18.6 Å². The first kappa shape index (κ1) is 14.3. The lowest BCUT2D eigenvalue weighted by Gasteiger charge is -2.10. The summed E-state index contributed by atoms with van der Waals surface area (Å²) in [6.07, 6.45) is -0.610. The summed E-state index contributed by atoms with van der Waals surface area (Å²) >= 11 is 6.06. The molecule has 0 aliphatic rings. The largest absolute Gasteiger partial charge is 0.456 e. The van der Waals surface area contributed by atoms with Gasteiger partial charge in [0.25, 0.3) is 5.69 Å². The van der Waals surface area contributed by atoms with Crippen molar-refractivity contribution in [3.63, 3.8) is 0 Å². The predicted molar refractivity (Wildman–Crippen MR) is 75.3 cm³/mol. The van der Waals surface area contributed by atoms with Crippen LogP contribution in [0.15, 0.2) is 42.5 Å². The van der Waals surface area contributed by atoms with Crippen molar-refractivity contribution in [2.75, 3.05) is 0 Å². The molecule has 0 spiro atoms. The summed E-state index contributed by atoms with van der Waals surface area (Å²) in [5, 5.41) is 20.4.